The van der Waals surface area contributed by atoms with Gasteiger partial charge < -0.3 is 4.42 Å². The fourth-order valence-electron chi connectivity index (χ4n) is 0.196. The normalized spacial score (nSPS) is 6.67. The molecule has 0 bridgehead atoms. The van der Waals surface area contributed by atoms with E-state index < -0.39 is 0 Å². The summed E-state index contributed by atoms with van der Waals surface area (Å²) >= 11 is 0. The molecule has 1 rings (SSSR count). The van der Waals surface area contributed by atoms with Crippen molar-refractivity contribution in [1.29, 1.82) is 0 Å². The molecular weight excluding hydrogens is 243 g/mol. The molecule has 1 nitrogen and oxygen atoms in total. The second-order valence-corrected chi connectivity index (χ2v) is 0.731. The summed E-state index contributed by atoms with van der Waals surface area (Å²) in [6.45, 7) is 0. The third-order valence-corrected chi connectivity index (χ3v) is 0.379. The van der Waals surface area contributed by atoms with E-state index in [0.29, 0.717) is 0 Å². The molecule has 0 saturated heterocycles. The van der Waals surface area contributed by atoms with E-state index >= 15 is 0 Å². The smallest absolute Gasteiger partial charge is 0 e. The topological polar surface area (TPSA) is 13.1 Å². The van der Waals surface area contributed by atoms with E-state index in [1.807, 2.05) is 0 Å². The molecule has 1 aromatic heterocycles. The van der Waals surface area contributed by atoms with E-state index in [4.69, 9.17) is 0 Å². The first-order valence-corrected chi connectivity index (χ1v) is 1.40. The molecule has 0 aromatic carbocycles. The van der Waals surface area contributed by atoms with Crippen LogP contribution in [0.15, 0.2) is 22.8 Å². The minimum atomic E-state index is 0. The Morgan fingerprint density at radius 2 is 2.33 bits per heavy atom. The average molecular weight is 246 g/mol. The number of hydrogen-bond acceptors (Lipinski definition) is 1. The summed E-state index contributed by atoms with van der Waals surface area (Å²) in [5.41, 5.74) is 0. The van der Waals surface area contributed by atoms with Gasteiger partial charge in [-0.2, -0.15) is 6.07 Å². The van der Waals surface area contributed by atoms with Crippen molar-refractivity contribution in [2.45, 2.75) is 0 Å². The Labute approximate surface area is 55.1 Å². The molecule has 30 valence electrons. The predicted octanol–water partition coefficient (Wildman–Crippen LogP) is 1.08. The van der Waals surface area contributed by atoms with Gasteiger partial charge >= 0.3 is 0 Å². The Hall–Kier alpha value is 0.150. The van der Waals surface area contributed by atoms with Crippen LogP contribution in [0.2, 0.25) is 0 Å². The van der Waals surface area contributed by atoms with Crippen LogP contribution in [-0.4, -0.2) is 0 Å². The maximum atomic E-state index is 4.46. The molecule has 1 aromatic rings. The summed E-state index contributed by atoms with van der Waals surface area (Å²) in [6.07, 6.45) is 4.06. The Morgan fingerprint density at radius 3 is 2.50 bits per heavy atom. The zero-order valence-corrected chi connectivity index (χ0v) is 6.73. The monoisotopic (exact) mass is 247 g/mol. The molecule has 0 aliphatic heterocycles. The number of hydrogen-bond donors (Lipinski definition) is 0. The maximum absolute atomic E-state index is 4.46. The molecule has 0 radical (unpaired) electrons. The first kappa shape index (κ1) is 6.15. The largest absolute Gasteiger partial charge is 0.599 e. The van der Waals surface area contributed by atoms with Gasteiger partial charge in [0.25, 0.3) is 0 Å². The third kappa shape index (κ3) is 1.55. The molecule has 0 unspecified atom stereocenters. The maximum Gasteiger partial charge on any atom is 0 e. The Kier molecular flexibility index (Phi) is 3.43. The van der Waals surface area contributed by atoms with Crippen LogP contribution in [-0.2, 0) is 25.8 Å². The van der Waals surface area contributed by atoms with Crippen molar-refractivity contribution in [3.8, 4) is 0 Å². The van der Waals surface area contributed by atoms with E-state index in [1.165, 1.54) is 0 Å². The first-order valence-electron chi connectivity index (χ1n) is 1.40. The van der Waals surface area contributed by atoms with Crippen molar-refractivity contribution in [2.75, 3.05) is 0 Å². The Morgan fingerprint density at radius 1 is 1.50 bits per heavy atom. The van der Waals surface area contributed by atoms with Gasteiger partial charge in [-0.3, -0.25) is 0 Å². The molecule has 0 saturated carbocycles. The molecule has 0 spiro atoms. The molecule has 0 aliphatic carbocycles. The summed E-state index contributed by atoms with van der Waals surface area (Å²) in [6, 6.07) is 3.49. The third-order valence-electron chi connectivity index (χ3n) is 0.379. The SMILES string of the molecule is [Hf].[c-]1ccco1. The van der Waals surface area contributed by atoms with Gasteiger partial charge in [0.05, 0.1) is 0 Å². The fraction of sp³-hybridized carbons (Fsp3) is 0. The van der Waals surface area contributed by atoms with Gasteiger partial charge in [0.15, 0.2) is 0 Å². The van der Waals surface area contributed by atoms with Crippen LogP contribution < -0.4 is 0 Å². The van der Waals surface area contributed by atoms with Gasteiger partial charge in [-0.25, -0.2) is 0 Å². The molecule has 6 heavy (non-hydrogen) atoms. The molecule has 1 heterocycles. The zero-order chi connectivity index (χ0) is 3.54. The van der Waals surface area contributed by atoms with Gasteiger partial charge in [0, 0.05) is 25.8 Å². The minimum Gasteiger partial charge on any atom is -0.599 e. The molecule has 0 aliphatic rings. The summed E-state index contributed by atoms with van der Waals surface area (Å²) in [5, 5.41) is 0. The second-order valence-electron chi connectivity index (χ2n) is 0.731. The molecule has 0 atom stereocenters. The predicted molar refractivity (Wildman–Crippen MR) is 17.5 cm³/mol. The van der Waals surface area contributed by atoms with E-state index in [2.05, 4.69) is 10.7 Å². The van der Waals surface area contributed by atoms with Crippen molar-refractivity contribution in [3.63, 3.8) is 0 Å². The Balaban J connectivity index is 0.000000250. The van der Waals surface area contributed by atoms with Gasteiger partial charge in [-0.05, 0) is 6.26 Å². The van der Waals surface area contributed by atoms with Crippen LogP contribution in [0.5, 0.6) is 0 Å². The second kappa shape index (κ2) is 3.34. The van der Waals surface area contributed by atoms with Crippen molar-refractivity contribution >= 4 is 0 Å². The van der Waals surface area contributed by atoms with Crippen molar-refractivity contribution in [2.24, 2.45) is 0 Å². The van der Waals surface area contributed by atoms with E-state index in [1.54, 1.807) is 18.4 Å². The van der Waals surface area contributed by atoms with Gasteiger partial charge in [0.2, 0.25) is 0 Å². The van der Waals surface area contributed by atoms with E-state index in [9.17, 15) is 0 Å². The van der Waals surface area contributed by atoms with E-state index in [0.717, 1.165) is 0 Å². The van der Waals surface area contributed by atoms with Gasteiger partial charge in [-0.1, -0.05) is 6.26 Å². The van der Waals surface area contributed by atoms with Crippen LogP contribution in [0, 0.1) is 6.26 Å². The van der Waals surface area contributed by atoms with Crippen LogP contribution in [0.4, 0.5) is 0 Å². The molecule has 0 N–H and O–H groups in total. The van der Waals surface area contributed by atoms with Crippen LogP contribution in [0.25, 0.3) is 0 Å². The summed E-state index contributed by atoms with van der Waals surface area (Å²) < 4.78 is 4.46. The molecule has 0 fully saturated rings. The van der Waals surface area contributed by atoms with Gasteiger partial charge in [0.1, 0.15) is 0 Å². The summed E-state index contributed by atoms with van der Waals surface area (Å²) in [7, 11) is 0. The first-order chi connectivity index (χ1) is 2.50. The summed E-state index contributed by atoms with van der Waals surface area (Å²) in [5.74, 6) is 0. The average Bonchev–Trinajstić information content (AvgIpc) is 1.76. The van der Waals surface area contributed by atoms with Crippen LogP contribution in [0.3, 0.4) is 0 Å². The van der Waals surface area contributed by atoms with Crippen molar-refractivity contribution < 1.29 is 30.3 Å². The summed E-state index contributed by atoms with van der Waals surface area (Å²) in [4.78, 5) is 0. The van der Waals surface area contributed by atoms with Crippen molar-refractivity contribution in [3.05, 3.63) is 24.7 Å². The number of furan rings is 1. The minimum absolute atomic E-state index is 0. The van der Waals surface area contributed by atoms with Crippen LogP contribution in [0.1, 0.15) is 0 Å². The van der Waals surface area contributed by atoms with Crippen molar-refractivity contribution in [1.82, 2.24) is 0 Å². The number of rotatable bonds is 0. The molecule has 0 amide bonds. The quantitative estimate of drug-likeness (QED) is 0.492. The molecule has 2 heteroatoms. The molecular formula is C4H3HfO-. The fourth-order valence-corrected chi connectivity index (χ4v) is 0.196. The zero-order valence-electron chi connectivity index (χ0n) is 3.14. The van der Waals surface area contributed by atoms with Gasteiger partial charge in [-0.15, -0.1) is 6.07 Å². The van der Waals surface area contributed by atoms with Crippen LogP contribution >= 0.6 is 0 Å². The standard InChI is InChI=1S/C4H3O.Hf/c1-2-4-5-3-1;/h1-3H;/q-1;. The van der Waals surface area contributed by atoms with E-state index in [-0.39, 0.29) is 25.8 Å². The Bertz CT molecular complexity index is 64.0.